The van der Waals surface area contributed by atoms with Crippen LogP contribution in [0.15, 0.2) is 66.9 Å². The van der Waals surface area contributed by atoms with Crippen LogP contribution in [0.1, 0.15) is 23.7 Å². The second-order valence-corrected chi connectivity index (χ2v) is 7.77. The molecule has 4 rings (SSSR count). The average Bonchev–Trinajstić information content (AvgIpc) is 3.17. The zero-order valence-electron chi connectivity index (χ0n) is 16.0. The van der Waals surface area contributed by atoms with Crippen LogP contribution >= 0.6 is 11.3 Å². The summed E-state index contributed by atoms with van der Waals surface area (Å²) in [4.78, 5) is 23.9. The molecule has 29 heavy (non-hydrogen) atoms. The molecule has 0 unspecified atom stereocenters. The Morgan fingerprint density at radius 1 is 1.07 bits per heavy atom. The van der Waals surface area contributed by atoms with Gasteiger partial charge in [0.05, 0.1) is 28.9 Å². The van der Waals surface area contributed by atoms with Gasteiger partial charge < -0.3 is 0 Å². The van der Waals surface area contributed by atoms with Crippen LogP contribution in [0.25, 0.3) is 10.2 Å². The molecule has 4 nitrogen and oxygen atoms in total. The molecule has 0 saturated heterocycles. The quantitative estimate of drug-likeness (QED) is 0.445. The van der Waals surface area contributed by atoms with Gasteiger partial charge in [0.1, 0.15) is 5.82 Å². The van der Waals surface area contributed by atoms with Crippen LogP contribution in [0, 0.1) is 5.82 Å². The van der Waals surface area contributed by atoms with Crippen LogP contribution in [0.5, 0.6) is 0 Å². The molecule has 0 radical (unpaired) electrons. The summed E-state index contributed by atoms with van der Waals surface area (Å²) in [5.41, 5.74) is 3.66. The maximum atomic E-state index is 13.2. The third-order valence-corrected chi connectivity index (χ3v) is 5.74. The molecule has 2 aromatic carbocycles. The number of carbonyl (C=O) groups excluding carboxylic acids is 1. The minimum absolute atomic E-state index is 0.1000. The van der Waals surface area contributed by atoms with Crippen LogP contribution in [0.4, 0.5) is 9.52 Å². The molecule has 0 atom stereocenters. The first-order chi connectivity index (χ1) is 14.1. The van der Waals surface area contributed by atoms with Crippen molar-refractivity contribution in [1.82, 2.24) is 9.97 Å². The molecule has 0 bridgehead atoms. The number of pyridine rings is 1. The van der Waals surface area contributed by atoms with Gasteiger partial charge in [0.25, 0.3) is 0 Å². The Bertz CT molecular complexity index is 1130. The molecule has 6 heteroatoms. The minimum atomic E-state index is -0.315. The van der Waals surface area contributed by atoms with Crippen molar-refractivity contribution in [2.75, 3.05) is 4.90 Å². The summed E-state index contributed by atoms with van der Waals surface area (Å²) in [6, 6.07) is 17.8. The topological polar surface area (TPSA) is 46.1 Å². The molecule has 2 heterocycles. The Hall–Kier alpha value is -3.12. The molecule has 0 saturated carbocycles. The molecule has 0 aliphatic rings. The highest BCUT2D eigenvalue weighted by atomic mass is 32.1. The van der Waals surface area contributed by atoms with Crippen LogP contribution in [-0.4, -0.2) is 15.9 Å². The lowest BCUT2D eigenvalue weighted by molar-refractivity contribution is -0.118. The fourth-order valence-electron chi connectivity index (χ4n) is 3.08. The van der Waals surface area contributed by atoms with E-state index in [1.165, 1.54) is 29.0 Å². The zero-order chi connectivity index (χ0) is 20.2. The van der Waals surface area contributed by atoms with Crippen LogP contribution in [0.3, 0.4) is 0 Å². The molecule has 0 aliphatic carbocycles. The number of fused-ring (bicyclic) bond motifs is 1. The van der Waals surface area contributed by atoms with Crippen molar-refractivity contribution in [2.24, 2.45) is 0 Å². The number of halogens is 1. The summed E-state index contributed by atoms with van der Waals surface area (Å²) < 4.78 is 14.3. The predicted molar refractivity (Wildman–Crippen MR) is 115 cm³/mol. The molecule has 4 aromatic rings. The van der Waals surface area contributed by atoms with Crippen molar-refractivity contribution >= 4 is 32.6 Å². The number of amides is 1. The van der Waals surface area contributed by atoms with E-state index in [1.54, 1.807) is 23.2 Å². The highest BCUT2D eigenvalue weighted by molar-refractivity contribution is 7.22. The summed E-state index contributed by atoms with van der Waals surface area (Å²) in [6.45, 7) is 2.45. The highest BCUT2D eigenvalue weighted by Gasteiger charge is 2.21. The van der Waals surface area contributed by atoms with E-state index in [2.05, 4.69) is 24.0 Å². The zero-order valence-corrected chi connectivity index (χ0v) is 16.8. The van der Waals surface area contributed by atoms with Gasteiger partial charge in [-0.1, -0.05) is 42.5 Å². The summed E-state index contributed by atoms with van der Waals surface area (Å²) in [7, 11) is 0. The average molecular weight is 405 g/mol. The number of thiazole rings is 1. The standard InChI is InChI=1S/C23H20FN3OS/c1-2-16-8-11-20-21(13-16)29-23(26-20)27(15-19-5-3-4-12-25-19)22(28)14-17-6-9-18(24)10-7-17/h3-13H,2,14-15H2,1H3. The van der Waals surface area contributed by atoms with E-state index in [9.17, 15) is 9.18 Å². The third-order valence-electron chi connectivity index (χ3n) is 4.70. The molecule has 146 valence electrons. The number of aryl methyl sites for hydroxylation is 1. The molecule has 2 aromatic heterocycles. The lowest BCUT2D eigenvalue weighted by Gasteiger charge is -2.19. The van der Waals surface area contributed by atoms with E-state index in [0.29, 0.717) is 11.7 Å². The normalized spacial score (nSPS) is 11.0. The van der Waals surface area contributed by atoms with Gasteiger partial charge in [-0.25, -0.2) is 9.37 Å². The van der Waals surface area contributed by atoms with Crippen LogP contribution in [0.2, 0.25) is 0 Å². The smallest absolute Gasteiger partial charge is 0.233 e. The van der Waals surface area contributed by atoms with E-state index >= 15 is 0 Å². The van der Waals surface area contributed by atoms with Crippen molar-refractivity contribution in [3.05, 3.63) is 89.5 Å². The van der Waals surface area contributed by atoms with Gasteiger partial charge in [-0.15, -0.1) is 0 Å². The molecular formula is C23H20FN3OS. The Morgan fingerprint density at radius 2 is 1.86 bits per heavy atom. The number of aromatic nitrogens is 2. The minimum Gasteiger partial charge on any atom is -0.282 e. The van der Waals surface area contributed by atoms with Gasteiger partial charge in [-0.3, -0.25) is 14.7 Å². The first kappa shape index (κ1) is 19.2. The Balaban J connectivity index is 1.67. The number of rotatable bonds is 6. The van der Waals surface area contributed by atoms with Gasteiger partial charge in [0.15, 0.2) is 5.13 Å². The van der Waals surface area contributed by atoms with Crippen LogP contribution in [-0.2, 0) is 24.2 Å². The number of carbonyl (C=O) groups is 1. The fourth-order valence-corrected chi connectivity index (χ4v) is 4.13. The maximum absolute atomic E-state index is 13.2. The van der Waals surface area contributed by atoms with E-state index in [-0.39, 0.29) is 18.1 Å². The molecule has 1 amide bonds. The van der Waals surface area contributed by atoms with E-state index in [1.807, 2.05) is 24.3 Å². The molecule has 0 aliphatic heterocycles. The largest absolute Gasteiger partial charge is 0.282 e. The van der Waals surface area contributed by atoms with E-state index < -0.39 is 0 Å². The van der Waals surface area contributed by atoms with E-state index in [0.717, 1.165) is 27.9 Å². The number of anilines is 1. The molecule has 0 spiro atoms. The van der Waals surface area contributed by atoms with Crippen LogP contribution < -0.4 is 4.90 Å². The van der Waals surface area contributed by atoms with Gasteiger partial charge >= 0.3 is 0 Å². The fraction of sp³-hybridized carbons (Fsp3) is 0.174. The summed E-state index contributed by atoms with van der Waals surface area (Å²) in [5, 5.41) is 0.644. The molecular weight excluding hydrogens is 385 g/mol. The number of hydrogen-bond acceptors (Lipinski definition) is 4. The summed E-state index contributed by atoms with van der Waals surface area (Å²) >= 11 is 1.50. The van der Waals surface area contributed by atoms with Gasteiger partial charge in [0, 0.05) is 6.20 Å². The Morgan fingerprint density at radius 3 is 2.59 bits per heavy atom. The van der Waals surface area contributed by atoms with Crippen molar-refractivity contribution in [2.45, 2.75) is 26.3 Å². The van der Waals surface area contributed by atoms with Gasteiger partial charge in [-0.2, -0.15) is 0 Å². The van der Waals surface area contributed by atoms with Crippen molar-refractivity contribution in [1.29, 1.82) is 0 Å². The summed E-state index contributed by atoms with van der Waals surface area (Å²) in [5.74, 6) is -0.415. The first-order valence-corrected chi connectivity index (χ1v) is 10.3. The number of hydrogen-bond donors (Lipinski definition) is 0. The van der Waals surface area contributed by atoms with Crippen molar-refractivity contribution in [3.63, 3.8) is 0 Å². The monoisotopic (exact) mass is 405 g/mol. The lowest BCUT2D eigenvalue weighted by Crippen LogP contribution is -2.32. The molecule has 0 N–H and O–H groups in total. The predicted octanol–water partition coefficient (Wildman–Crippen LogP) is 5.17. The maximum Gasteiger partial charge on any atom is 0.233 e. The first-order valence-electron chi connectivity index (χ1n) is 9.46. The number of benzene rings is 2. The second kappa shape index (κ2) is 8.49. The Kier molecular flexibility index (Phi) is 5.62. The van der Waals surface area contributed by atoms with E-state index in [4.69, 9.17) is 4.98 Å². The third kappa shape index (κ3) is 4.49. The van der Waals surface area contributed by atoms with Crippen molar-refractivity contribution in [3.8, 4) is 0 Å². The second-order valence-electron chi connectivity index (χ2n) is 6.76. The van der Waals surface area contributed by atoms with Gasteiger partial charge in [-0.05, 0) is 53.9 Å². The molecule has 0 fully saturated rings. The Labute approximate surface area is 172 Å². The SMILES string of the molecule is CCc1ccc2nc(N(Cc3ccccn3)C(=O)Cc3ccc(F)cc3)sc2c1. The number of nitrogens with zero attached hydrogens (tertiary/aromatic N) is 3. The van der Waals surface area contributed by atoms with Gasteiger partial charge in [0.2, 0.25) is 5.91 Å². The lowest BCUT2D eigenvalue weighted by atomic mass is 10.1. The summed E-state index contributed by atoms with van der Waals surface area (Å²) in [6.07, 6.45) is 2.83. The van der Waals surface area contributed by atoms with Crippen molar-refractivity contribution < 1.29 is 9.18 Å². The highest BCUT2D eigenvalue weighted by Crippen LogP contribution is 2.31.